The highest BCUT2D eigenvalue weighted by atomic mass is 19.2. The molecule has 100 valence electrons. The number of halogens is 3. The summed E-state index contributed by atoms with van der Waals surface area (Å²) < 4.78 is 44.9. The molecule has 0 aliphatic rings. The fourth-order valence-electron chi connectivity index (χ4n) is 1.81. The maximum atomic E-state index is 13.6. The molecule has 0 bridgehead atoms. The zero-order valence-electron chi connectivity index (χ0n) is 10.2. The summed E-state index contributed by atoms with van der Waals surface area (Å²) >= 11 is 0. The van der Waals surface area contributed by atoms with E-state index in [4.69, 9.17) is 10.5 Å². The summed E-state index contributed by atoms with van der Waals surface area (Å²) in [6.45, 7) is 0. The van der Waals surface area contributed by atoms with Crippen LogP contribution in [0.5, 0.6) is 5.75 Å². The Bertz CT molecular complexity index is 601. The number of benzene rings is 2. The predicted octanol–water partition coefficient (Wildman–Crippen LogP) is 3.16. The van der Waals surface area contributed by atoms with Crippen LogP contribution in [0.15, 0.2) is 36.4 Å². The maximum Gasteiger partial charge on any atom is 0.165 e. The van der Waals surface area contributed by atoms with Crippen molar-refractivity contribution in [2.24, 2.45) is 5.73 Å². The van der Waals surface area contributed by atoms with Crippen molar-refractivity contribution >= 4 is 0 Å². The molecule has 2 nitrogen and oxygen atoms in total. The first-order valence-corrected chi connectivity index (χ1v) is 5.57. The molecule has 2 aromatic carbocycles. The van der Waals surface area contributed by atoms with Gasteiger partial charge in [-0.05, 0) is 23.8 Å². The third-order valence-corrected chi connectivity index (χ3v) is 2.85. The van der Waals surface area contributed by atoms with Crippen LogP contribution in [-0.2, 0) is 0 Å². The maximum absolute atomic E-state index is 13.6. The van der Waals surface area contributed by atoms with Gasteiger partial charge in [0.1, 0.15) is 0 Å². The van der Waals surface area contributed by atoms with Crippen LogP contribution < -0.4 is 10.5 Å². The van der Waals surface area contributed by atoms with Crippen LogP contribution in [-0.4, -0.2) is 7.11 Å². The van der Waals surface area contributed by atoms with Crippen LogP contribution in [0.1, 0.15) is 17.2 Å². The largest absolute Gasteiger partial charge is 0.494 e. The van der Waals surface area contributed by atoms with Gasteiger partial charge < -0.3 is 10.5 Å². The van der Waals surface area contributed by atoms with Crippen LogP contribution in [0, 0.1) is 17.5 Å². The summed E-state index contributed by atoms with van der Waals surface area (Å²) in [6.07, 6.45) is 0. The molecule has 2 N–H and O–H groups in total. The molecule has 0 saturated carbocycles. The molecular formula is C14H12F3NO. The monoisotopic (exact) mass is 267 g/mol. The van der Waals surface area contributed by atoms with Gasteiger partial charge in [0, 0.05) is 5.56 Å². The zero-order chi connectivity index (χ0) is 14.0. The first-order valence-electron chi connectivity index (χ1n) is 5.57. The molecular weight excluding hydrogens is 255 g/mol. The van der Waals surface area contributed by atoms with E-state index in [1.165, 1.54) is 37.4 Å². The molecule has 0 aromatic heterocycles. The van der Waals surface area contributed by atoms with Crippen LogP contribution >= 0.6 is 0 Å². The molecule has 1 unspecified atom stereocenters. The van der Waals surface area contributed by atoms with Gasteiger partial charge in [-0.15, -0.1) is 0 Å². The van der Waals surface area contributed by atoms with Gasteiger partial charge in [-0.25, -0.2) is 13.2 Å². The van der Waals surface area contributed by atoms with E-state index in [0.29, 0.717) is 5.56 Å². The average molecular weight is 267 g/mol. The number of hydrogen-bond acceptors (Lipinski definition) is 2. The lowest BCUT2D eigenvalue weighted by Gasteiger charge is -2.15. The van der Waals surface area contributed by atoms with E-state index in [1.807, 2.05) is 0 Å². The van der Waals surface area contributed by atoms with Crippen LogP contribution in [0.25, 0.3) is 0 Å². The van der Waals surface area contributed by atoms with Gasteiger partial charge in [-0.3, -0.25) is 0 Å². The van der Waals surface area contributed by atoms with Crippen molar-refractivity contribution in [3.63, 3.8) is 0 Å². The molecule has 0 heterocycles. The van der Waals surface area contributed by atoms with E-state index >= 15 is 0 Å². The van der Waals surface area contributed by atoms with E-state index in [9.17, 15) is 13.2 Å². The fourth-order valence-corrected chi connectivity index (χ4v) is 1.81. The SMILES string of the molecule is COc1cc(C(N)c2cccc(F)c2F)ccc1F. The Balaban J connectivity index is 2.44. The Kier molecular flexibility index (Phi) is 3.76. The zero-order valence-corrected chi connectivity index (χ0v) is 10.2. The smallest absolute Gasteiger partial charge is 0.165 e. The summed E-state index contributed by atoms with van der Waals surface area (Å²) in [7, 11) is 1.32. The number of hydrogen-bond donors (Lipinski definition) is 1. The van der Waals surface area contributed by atoms with Crippen LogP contribution in [0.3, 0.4) is 0 Å². The molecule has 0 fully saturated rings. The minimum absolute atomic E-state index is 0.00441. The average Bonchev–Trinajstić information content (AvgIpc) is 2.41. The summed E-state index contributed by atoms with van der Waals surface area (Å²) in [4.78, 5) is 0. The molecule has 0 radical (unpaired) electrons. The summed E-state index contributed by atoms with van der Waals surface area (Å²) in [5, 5.41) is 0. The standard InChI is InChI=1S/C14H12F3NO/c1-19-12-7-8(5-6-10(12)15)14(18)9-3-2-4-11(16)13(9)17/h2-7,14H,18H2,1H3. The number of methoxy groups -OCH3 is 1. The Morgan fingerprint density at radius 1 is 1.05 bits per heavy atom. The molecule has 0 amide bonds. The second kappa shape index (κ2) is 5.32. The Morgan fingerprint density at radius 3 is 2.47 bits per heavy atom. The Hall–Kier alpha value is -2.01. The third kappa shape index (κ3) is 2.56. The molecule has 2 aromatic rings. The van der Waals surface area contributed by atoms with Crippen molar-refractivity contribution in [3.8, 4) is 5.75 Å². The normalized spacial score (nSPS) is 12.3. The van der Waals surface area contributed by atoms with Crippen molar-refractivity contribution < 1.29 is 17.9 Å². The van der Waals surface area contributed by atoms with E-state index in [2.05, 4.69) is 0 Å². The molecule has 19 heavy (non-hydrogen) atoms. The van der Waals surface area contributed by atoms with E-state index in [-0.39, 0.29) is 11.3 Å². The van der Waals surface area contributed by atoms with Crippen LogP contribution in [0.2, 0.25) is 0 Å². The van der Waals surface area contributed by atoms with Gasteiger partial charge in [0.05, 0.1) is 13.2 Å². The highest BCUT2D eigenvalue weighted by Crippen LogP contribution is 2.27. The van der Waals surface area contributed by atoms with Gasteiger partial charge in [0.15, 0.2) is 23.2 Å². The molecule has 5 heteroatoms. The van der Waals surface area contributed by atoms with Crippen molar-refractivity contribution in [1.29, 1.82) is 0 Å². The minimum Gasteiger partial charge on any atom is -0.494 e. The predicted molar refractivity (Wildman–Crippen MR) is 65.3 cm³/mol. The number of nitrogens with two attached hydrogens (primary N) is 1. The highest BCUT2D eigenvalue weighted by Gasteiger charge is 2.17. The highest BCUT2D eigenvalue weighted by molar-refractivity contribution is 5.37. The van der Waals surface area contributed by atoms with Gasteiger partial charge in [-0.1, -0.05) is 18.2 Å². The Labute approximate surface area is 108 Å². The van der Waals surface area contributed by atoms with Gasteiger partial charge >= 0.3 is 0 Å². The van der Waals surface area contributed by atoms with Crippen molar-refractivity contribution in [2.45, 2.75) is 6.04 Å². The number of rotatable bonds is 3. The first kappa shape index (κ1) is 13.4. The molecule has 0 aliphatic carbocycles. The summed E-state index contributed by atoms with van der Waals surface area (Å²) in [5.74, 6) is -2.51. The summed E-state index contributed by atoms with van der Waals surface area (Å²) in [5.41, 5.74) is 6.32. The van der Waals surface area contributed by atoms with Crippen molar-refractivity contribution in [3.05, 3.63) is 65.0 Å². The van der Waals surface area contributed by atoms with Crippen LogP contribution in [0.4, 0.5) is 13.2 Å². The quantitative estimate of drug-likeness (QED) is 0.927. The second-order valence-electron chi connectivity index (χ2n) is 4.01. The van der Waals surface area contributed by atoms with Gasteiger partial charge in [0.2, 0.25) is 0 Å². The van der Waals surface area contributed by atoms with Crippen molar-refractivity contribution in [1.82, 2.24) is 0 Å². The second-order valence-corrected chi connectivity index (χ2v) is 4.01. The van der Waals surface area contributed by atoms with Gasteiger partial charge in [0.25, 0.3) is 0 Å². The number of ether oxygens (including phenoxy) is 1. The molecule has 2 rings (SSSR count). The molecule has 0 spiro atoms. The minimum atomic E-state index is -1.00. The Morgan fingerprint density at radius 2 is 1.79 bits per heavy atom. The molecule has 1 atom stereocenters. The lowest BCUT2D eigenvalue weighted by Crippen LogP contribution is -2.14. The van der Waals surface area contributed by atoms with Crippen molar-refractivity contribution in [2.75, 3.05) is 7.11 Å². The third-order valence-electron chi connectivity index (χ3n) is 2.85. The van der Waals surface area contributed by atoms with E-state index in [1.54, 1.807) is 0 Å². The van der Waals surface area contributed by atoms with E-state index in [0.717, 1.165) is 6.07 Å². The topological polar surface area (TPSA) is 35.2 Å². The lowest BCUT2D eigenvalue weighted by molar-refractivity contribution is 0.385. The van der Waals surface area contributed by atoms with Gasteiger partial charge in [-0.2, -0.15) is 0 Å². The van der Waals surface area contributed by atoms with E-state index < -0.39 is 23.5 Å². The molecule has 0 saturated heterocycles. The lowest BCUT2D eigenvalue weighted by atomic mass is 9.98. The molecule has 0 aliphatic heterocycles. The first-order chi connectivity index (χ1) is 9.04. The fraction of sp³-hybridized carbons (Fsp3) is 0.143. The summed E-state index contributed by atoms with van der Waals surface area (Å²) in [6, 6.07) is 6.82.